The fourth-order valence-corrected chi connectivity index (χ4v) is 1.73. The number of nitro groups is 1. The first-order chi connectivity index (χ1) is 11.8. The van der Waals surface area contributed by atoms with Crippen molar-refractivity contribution in [3.63, 3.8) is 0 Å². The minimum Gasteiger partial charge on any atom is -0.409 e. The molecule has 2 aromatic carbocycles. The third kappa shape index (κ3) is 5.46. The van der Waals surface area contributed by atoms with E-state index < -0.39 is 22.8 Å². The molecule has 0 fully saturated rings. The molecule has 10 heteroatoms. The number of nitrogens with zero attached hydrogens (tertiary/aromatic N) is 1. The lowest BCUT2D eigenvalue weighted by atomic mass is 10.1. The Kier molecular flexibility index (Phi) is 5.55. The van der Waals surface area contributed by atoms with Gasteiger partial charge in [-0.25, -0.2) is 4.79 Å². The summed E-state index contributed by atoms with van der Waals surface area (Å²) in [6.45, 7) is -0.173. The number of carbonyl (C=O) groups excluding carboxylic acids is 1. The van der Waals surface area contributed by atoms with Crippen LogP contribution in [0.3, 0.4) is 0 Å². The molecular formula is C15H11F3N2O5. The first-order valence-corrected chi connectivity index (χ1v) is 6.76. The third-order valence-corrected chi connectivity index (χ3v) is 2.93. The highest BCUT2D eigenvalue weighted by Crippen LogP contribution is 2.29. The predicted molar refractivity (Wildman–Crippen MR) is 78.5 cm³/mol. The molecule has 0 atom stereocenters. The molecule has 0 heterocycles. The van der Waals surface area contributed by atoms with Crippen molar-refractivity contribution >= 4 is 11.8 Å². The number of nitro benzene ring substituents is 1. The standard InChI is InChI=1S/C15H11F3N2O5/c16-15(17,18)11-3-1-10(2-4-11)9-24-19-14(21)25-13-7-5-12(6-8-13)20(22)23/h1-8H,9H2,(H,19,21). The first kappa shape index (κ1) is 18.2. The number of rotatable bonds is 5. The molecular weight excluding hydrogens is 345 g/mol. The number of non-ortho nitro benzene ring substituents is 1. The molecule has 0 saturated carbocycles. The van der Waals surface area contributed by atoms with Gasteiger partial charge >= 0.3 is 12.3 Å². The number of nitrogens with one attached hydrogen (secondary N) is 1. The van der Waals surface area contributed by atoms with Crippen LogP contribution in [0.5, 0.6) is 5.75 Å². The molecule has 0 aliphatic carbocycles. The molecule has 0 saturated heterocycles. The summed E-state index contributed by atoms with van der Waals surface area (Å²) in [5, 5.41) is 10.5. The lowest BCUT2D eigenvalue weighted by Crippen LogP contribution is -2.26. The predicted octanol–water partition coefficient (Wildman–Crippen LogP) is 3.83. The molecule has 0 radical (unpaired) electrons. The summed E-state index contributed by atoms with van der Waals surface area (Å²) >= 11 is 0. The zero-order valence-corrected chi connectivity index (χ0v) is 12.4. The number of hydrogen-bond acceptors (Lipinski definition) is 5. The Morgan fingerprint density at radius 3 is 2.20 bits per heavy atom. The van der Waals surface area contributed by atoms with Gasteiger partial charge in [0.2, 0.25) is 0 Å². The number of benzene rings is 2. The van der Waals surface area contributed by atoms with E-state index in [4.69, 9.17) is 9.57 Å². The SMILES string of the molecule is O=C(NOCc1ccc(C(F)(F)F)cc1)Oc1ccc([N+](=O)[O-])cc1. The zero-order chi connectivity index (χ0) is 18.4. The van der Waals surface area contributed by atoms with Crippen LogP contribution in [-0.2, 0) is 17.6 Å². The fraction of sp³-hybridized carbons (Fsp3) is 0.133. The molecule has 0 unspecified atom stereocenters. The summed E-state index contributed by atoms with van der Waals surface area (Å²) in [6.07, 6.45) is -5.41. The second-order valence-electron chi connectivity index (χ2n) is 4.73. The van der Waals surface area contributed by atoms with Crippen molar-refractivity contribution in [2.45, 2.75) is 12.8 Å². The van der Waals surface area contributed by atoms with Crippen LogP contribution in [-0.4, -0.2) is 11.0 Å². The molecule has 0 spiro atoms. The zero-order valence-electron chi connectivity index (χ0n) is 12.4. The van der Waals surface area contributed by atoms with Gasteiger partial charge in [0.1, 0.15) is 5.75 Å². The lowest BCUT2D eigenvalue weighted by molar-refractivity contribution is -0.384. The van der Waals surface area contributed by atoms with Gasteiger partial charge in [-0.05, 0) is 29.8 Å². The minimum absolute atomic E-state index is 0.0567. The van der Waals surface area contributed by atoms with E-state index >= 15 is 0 Å². The molecule has 0 aromatic heterocycles. The maximum absolute atomic E-state index is 12.4. The molecule has 0 aliphatic rings. The summed E-state index contributed by atoms with van der Waals surface area (Å²) in [5.41, 5.74) is 1.40. The molecule has 0 bridgehead atoms. The van der Waals surface area contributed by atoms with E-state index in [2.05, 4.69) is 0 Å². The van der Waals surface area contributed by atoms with Crippen molar-refractivity contribution in [1.29, 1.82) is 0 Å². The maximum atomic E-state index is 12.4. The van der Waals surface area contributed by atoms with Crippen LogP contribution in [0, 0.1) is 10.1 Å². The Hall–Kier alpha value is -3.14. The Morgan fingerprint density at radius 2 is 1.68 bits per heavy atom. The van der Waals surface area contributed by atoms with Crippen molar-refractivity contribution < 1.29 is 32.5 Å². The van der Waals surface area contributed by atoms with Crippen LogP contribution in [0.4, 0.5) is 23.7 Å². The first-order valence-electron chi connectivity index (χ1n) is 6.76. The van der Waals surface area contributed by atoms with E-state index in [9.17, 15) is 28.1 Å². The third-order valence-electron chi connectivity index (χ3n) is 2.93. The number of amides is 1. The van der Waals surface area contributed by atoms with Gasteiger partial charge in [0.15, 0.2) is 0 Å². The molecule has 7 nitrogen and oxygen atoms in total. The Balaban J connectivity index is 1.79. The second-order valence-corrected chi connectivity index (χ2v) is 4.73. The van der Waals surface area contributed by atoms with Gasteiger partial charge in [0, 0.05) is 12.1 Å². The van der Waals surface area contributed by atoms with Crippen LogP contribution < -0.4 is 10.2 Å². The van der Waals surface area contributed by atoms with Gasteiger partial charge < -0.3 is 4.74 Å². The van der Waals surface area contributed by atoms with Gasteiger partial charge in [0.25, 0.3) is 5.69 Å². The van der Waals surface area contributed by atoms with Crippen LogP contribution in [0.15, 0.2) is 48.5 Å². The molecule has 1 N–H and O–H groups in total. The van der Waals surface area contributed by atoms with Gasteiger partial charge in [-0.1, -0.05) is 12.1 Å². The summed E-state index contributed by atoms with van der Waals surface area (Å²) in [4.78, 5) is 26.2. The van der Waals surface area contributed by atoms with Crippen molar-refractivity contribution in [2.24, 2.45) is 0 Å². The van der Waals surface area contributed by atoms with Crippen molar-refractivity contribution in [2.75, 3.05) is 0 Å². The Morgan fingerprint density at radius 1 is 1.08 bits per heavy atom. The highest BCUT2D eigenvalue weighted by Gasteiger charge is 2.29. The highest BCUT2D eigenvalue weighted by atomic mass is 19.4. The number of alkyl halides is 3. The van der Waals surface area contributed by atoms with E-state index in [1.807, 2.05) is 5.48 Å². The minimum atomic E-state index is -4.42. The van der Waals surface area contributed by atoms with Gasteiger partial charge in [0.05, 0.1) is 17.1 Å². The molecule has 2 aromatic rings. The number of halogens is 3. The Labute approximate surface area is 139 Å². The number of hydrogen-bond donors (Lipinski definition) is 1. The monoisotopic (exact) mass is 356 g/mol. The smallest absolute Gasteiger partial charge is 0.409 e. The van der Waals surface area contributed by atoms with Gasteiger partial charge in [-0.3, -0.25) is 15.0 Å². The average Bonchev–Trinajstić information content (AvgIpc) is 2.55. The van der Waals surface area contributed by atoms with Crippen LogP contribution in [0.2, 0.25) is 0 Å². The second kappa shape index (κ2) is 7.62. The summed E-state index contributed by atoms with van der Waals surface area (Å²) < 4.78 is 42.0. The van der Waals surface area contributed by atoms with Crippen LogP contribution >= 0.6 is 0 Å². The van der Waals surface area contributed by atoms with E-state index in [1.165, 1.54) is 24.3 Å². The molecule has 25 heavy (non-hydrogen) atoms. The normalized spacial score (nSPS) is 11.0. The summed E-state index contributed by atoms with van der Waals surface area (Å²) in [6, 6.07) is 9.00. The maximum Gasteiger partial charge on any atom is 0.436 e. The number of carbonyl (C=O) groups is 1. The molecule has 1 amide bonds. The topological polar surface area (TPSA) is 90.7 Å². The number of hydroxylamine groups is 1. The lowest BCUT2D eigenvalue weighted by Gasteiger charge is -2.09. The van der Waals surface area contributed by atoms with Crippen molar-refractivity contribution in [3.05, 3.63) is 69.8 Å². The average molecular weight is 356 g/mol. The van der Waals surface area contributed by atoms with Gasteiger partial charge in [-0.15, -0.1) is 0 Å². The van der Waals surface area contributed by atoms with E-state index in [1.54, 1.807) is 0 Å². The van der Waals surface area contributed by atoms with Crippen molar-refractivity contribution in [1.82, 2.24) is 5.48 Å². The summed E-state index contributed by atoms with van der Waals surface area (Å²) in [7, 11) is 0. The molecule has 132 valence electrons. The molecule has 2 rings (SSSR count). The molecule has 0 aliphatic heterocycles. The van der Waals surface area contributed by atoms with E-state index in [-0.39, 0.29) is 18.0 Å². The van der Waals surface area contributed by atoms with Crippen LogP contribution in [0.1, 0.15) is 11.1 Å². The largest absolute Gasteiger partial charge is 0.436 e. The fourth-order valence-electron chi connectivity index (χ4n) is 1.73. The Bertz CT molecular complexity index is 745. The quantitative estimate of drug-likeness (QED) is 0.649. The summed E-state index contributed by atoms with van der Waals surface area (Å²) in [5.74, 6) is 0.0567. The van der Waals surface area contributed by atoms with Crippen LogP contribution in [0.25, 0.3) is 0 Å². The highest BCUT2D eigenvalue weighted by molar-refractivity contribution is 5.69. The van der Waals surface area contributed by atoms with E-state index in [0.29, 0.717) is 5.56 Å². The van der Waals surface area contributed by atoms with Gasteiger partial charge in [-0.2, -0.15) is 18.7 Å². The van der Waals surface area contributed by atoms with E-state index in [0.717, 1.165) is 24.3 Å². The van der Waals surface area contributed by atoms with Crippen molar-refractivity contribution in [3.8, 4) is 5.75 Å². The number of ether oxygens (including phenoxy) is 1.